The molecule has 4 heteroatoms. The molecule has 0 aliphatic heterocycles. The van der Waals surface area contributed by atoms with Crippen LogP contribution in [0.5, 0.6) is 5.75 Å². The van der Waals surface area contributed by atoms with Gasteiger partial charge in [0.2, 0.25) is 0 Å². The first-order valence-corrected chi connectivity index (χ1v) is 3.69. The smallest absolute Gasteiger partial charge is 0.308 e. The lowest BCUT2D eigenvalue weighted by Crippen LogP contribution is -2.03. The van der Waals surface area contributed by atoms with Crippen molar-refractivity contribution in [1.82, 2.24) is 0 Å². The van der Waals surface area contributed by atoms with E-state index in [9.17, 15) is 4.79 Å². The van der Waals surface area contributed by atoms with Gasteiger partial charge in [0.25, 0.3) is 0 Å². The minimum Gasteiger partial charge on any atom is -0.426 e. The second kappa shape index (κ2) is 4.25. The van der Waals surface area contributed by atoms with Gasteiger partial charge in [0.1, 0.15) is 5.75 Å². The molecule has 0 bridgehead atoms. The lowest BCUT2D eigenvalue weighted by atomic mass is 10.2. The highest BCUT2D eigenvalue weighted by Gasteiger charge is 2.02. The van der Waals surface area contributed by atoms with E-state index in [0.717, 1.165) is 0 Å². The topological polar surface area (TPSA) is 58.9 Å². The number of oxime groups is 1. The van der Waals surface area contributed by atoms with Crippen molar-refractivity contribution in [1.29, 1.82) is 0 Å². The summed E-state index contributed by atoms with van der Waals surface area (Å²) in [6.45, 7) is 1.31. The predicted molar refractivity (Wildman–Crippen MR) is 47.1 cm³/mol. The maximum absolute atomic E-state index is 10.6. The summed E-state index contributed by atoms with van der Waals surface area (Å²) in [7, 11) is 0. The van der Waals surface area contributed by atoms with Crippen LogP contribution in [0.2, 0.25) is 0 Å². The number of hydrogen-bond donors (Lipinski definition) is 1. The average molecular weight is 179 g/mol. The van der Waals surface area contributed by atoms with Crippen molar-refractivity contribution in [3.05, 3.63) is 29.8 Å². The molecule has 13 heavy (non-hydrogen) atoms. The third kappa shape index (κ3) is 2.59. The van der Waals surface area contributed by atoms with Gasteiger partial charge in [-0.25, -0.2) is 0 Å². The number of para-hydroxylation sites is 1. The van der Waals surface area contributed by atoms with Gasteiger partial charge in [0, 0.05) is 12.5 Å². The second-order valence-electron chi connectivity index (χ2n) is 2.38. The quantitative estimate of drug-likeness (QED) is 0.245. The van der Waals surface area contributed by atoms with E-state index in [0.29, 0.717) is 11.3 Å². The molecule has 0 fully saturated rings. The zero-order valence-corrected chi connectivity index (χ0v) is 7.10. The molecule has 0 heterocycles. The molecule has 0 radical (unpaired) electrons. The number of ether oxygens (including phenoxy) is 1. The van der Waals surface area contributed by atoms with E-state index >= 15 is 0 Å². The molecule has 1 aromatic rings. The summed E-state index contributed by atoms with van der Waals surface area (Å²) >= 11 is 0. The van der Waals surface area contributed by atoms with E-state index in [-0.39, 0.29) is 0 Å². The first-order valence-electron chi connectivity index (χ1n) is 3.69. The second-order valence-corrected chi connectivity index (χ2v) is 2.38. The third-order valence-corrected chi connectivity index (χ3v) is 1.37. The Bertz CT molecular complexity index is 333. The molecule has 1 N–H and O–H groups in total. The molecule has 0 aromatic heterocycles. The van der Waals surface area contributed by atoms with Crippen LogP contribution in [0.3, 0.4) is 0 Å². The van der Waals surface area contributed by atoms with Crippen LogP contribution in [-0.2, 0) is 4.79 Å². The van der Waals surface area contributed by atoms with Crippen LogP contribution in [-0.4, -0.2) is 17.4 Å². The summed E-state index contributed by atoms with van der Waals surface area (Å²) in [6, 6.07) is 6.79. The molecule has 0 unspecified atom stereocenters. The van der Waals surface area contributed by atoms with Crippen molar-refractivity contribution < 1.29 is 14.7 Å². The molecule has 1 aromatic carbocycles. The molecular weight excluding hydrogens is 170 g/mol. The Kier molecular flexibility index (Phi) is 3.03. The average Bonchev–Trinajstić information content (AvgIpc) is 2.08. The number of benzene rings is 1. The van der Waals surface area contributed by atoms with Crippen LogP contribution >= 0.6 is 0 Å². The fraction of sp³-hybridized carbons (Fsp3) is 0.111. The number of rotatable bonds is 2. The molecule has 1 rings (SSSR count). The summed E-state index contributed by atoms with van der Waals surface area (Å²) in [5.74, 6) is -0.0217. The monoisotopic (exact) mass is 179 g/mol. The predicted octanol–water partition coefficient (Wildman–Crippen LogP) is 1.42. The summed E-state index contributed by atoms with van der Waals surface area (Å²) < 4.78 is 4.86. The van der Waals surface area contributed by atoms with Gasteiger partial charge in [0.15, 0.2) is 0 Å². The van der Waals surface area contributed by atoms with Gasteiger partial charge in [-0.3, -0.25) is 4.79 Å². The Morgan fingerprint density at radius 3 is 2.85 bits per heavy atom. The van der Waals surface area contributed by atoms with E-state index < -0.39 is 5.97 Å². The Morgan fingerprint density at radius 1 is 1.54 bits per heavy atom. The molecule has 0 aliphatic carbocycles. The minimum absolute atomic E-state index is 0.382. The number of carbonyl (C=O) groups is 1. The van der Waals surface area contributed by atoms with Crippen LogP contribution in [0.4, 0.5) is 0 Å². The van der Waals surface area contributed by atoms with Crippen molar-refractivity contribution >= 4 is 12.2 Å². The Balaban J connectivity index is 2.97. The largest absolute Gasteiger partial charge is 0.426 e. The standard InChI is InChI=1S/C9H9NO3/c1-7(11)13-9-5-3-2-4-8(9)6-10-12/h2-6,12H,1H3. The highest BCUT2D eigenvalue weighted by atomic mass is 16.5. The molecule has 0 aliphatic rings. The molecule has 4 nitrogen and oxygen atoms in total. The van der Waals surface area contributed by atoms with Crippen molar-refractivity contribution in [3.63, 3.8) is 0 Å². The van der Waals surface area contributed by atoms with Crippen LogP contribution in [0.25, 0.3) is 0 Å². The summed E-state index contributed by atoms with van der Waals surface area (Å²) in [5, 5.41) is 11.2. The van der Waals surface area contributed by atoms with Gasteiger partial charge in [-0.05, 0) is 12.1 Å². The summed E-state index contributed by atoms with van der Waals surface area (Å²) in [6.07, 6.45) is 1.21. The number of esters is 1. The van der Waals surface area contributed by atoms with Crippen LogP contribution in [0.1, 0.15) is 12.5 Å². The van der Waals surface area contributed by atoms with Crippen LogP contribution in [0.15, 0.2) is 29.4 Å². The zero-order chi connectivity index (χ0) is 9.68. The molecule has 0 saturated carbocycles. The normalized spacial score (nSPS) is 10.2. The van der Waals surface area contributed by atoms with E-state index in [1.54, 1.807) is 24.3 Å². The van der Waals surface area contributed by atoms with Gasteiger partial charge in [-0.15, -0.1) is 0 Å². The molecule has 0 atom stereocenters. The maximum atomic E-state index is 10.6. The van der Waals surface area contributed by atoms with E-state index in [1.165, 1.54) is 13.1 Å². The highest BCUT2D eigenvalue weighted by molar-refractivity contribution is 5.84. The lowest BCUT2D eigenvalue weighted by Gasteiger charge is -2.03. The fourth-order valence-corrected chi connectivity index (χ4v) is 0.897. The lowest BCUT2D eigenvalue weighted by molar-refractivity contribution is -0.131. The highest BCUT2D eigenvalue weighted by Crippen LogP contribution is 2.15. The van der Waals surface area contributed by atoms with Gasteiger partial charge in [-0.2, -0.15) is 0 Å². The van der Waals surface area contributed by atoms with Crippen molar-refractivity contribution in [2.75, 3.05) is 0 Å². The van der Waals surface area contributed by atoms with Gasteiger partial charge in [0.05, 0.1) is 6.21 Å². The third-order valence-electron chi connectivity index (χ3n) is 1.37. The first kappa shape index (κ1) is 9.25. The van der Waals surface area contributed by atoms with Gasteiger partial charge >= 0.3 is 5.97 Å². The van der Waals surface area contributed by atoms with Crippen LogP contribution < -0.4 is 4.74 Å². The van der Waals surface area contributed by atoms with Gasteiger partial charge in [-0.1, -0.05) is 17.3 Å². The molecule has 0 saturated heterocycles. The van der Waals surface area contributed by atoms with Crippen molar-refractivity contribution in [2.24, 2.45) is 5.16 Å². The summed E-state index contributed by atoms with van der Waals surface area (Å²) in [5.41, 5.74) is 0.556. The van der Waals surface area contributed by atoms with Crippen molar-refractivity contribution in [3.8, 4) is 5.75 Å². The first-order chi connectivity index (χ1) is 6.24. The molecule has 0 spiro atoms. The minimum atomic E-state index is -0.404. The van der Waals surface area contributed by atoms with Crippen LogP contribution in [0, 0.1) is 0 Å². The number of nitrogens with zero attached hydrogens (tertiary/aromatic N) is 1. The Hall–Kier alpha value is -1.84. The van der Waals surface area contributed by atoms with Gasteiger partial charge < -0.3 is 9.94 Å². The number of carbonyl (C=O) groups excluding carboxylic acids is 1. The fourth-order valence-electron chi connectivity index (χ4n) is 0.897. The molecule has 0 amide bonds. The number of hydrogen-bond acceptors (Lipinski definition) is 4. The molecular formula is C9H9NO3. The summed E-state index contributed by atoms with van der Waals surface area (Å²) in [4.78, 5) is 10.6. The Morgan fingerprint density at radius 2 is 2.23 bits per heavy atom. The Labute approximate surface area is 75.4 Å². The SMILES string of the molecule is CC(=O)Oc1ccccc1C=NO. The van der Waals surface area contributed by atoms with E-state index in [4.69, 9.17) is 9.94 Å². The maximum Gasteiger partial charge on any atom is 0.308 e. The van der Waals surface area contributed by atoms with Crippen molar-refractivity contribution in [2.45, 2.75) is 6.92 Å². The zero-order valence-electron chi connectivity index (χ0n) is 7.10. The van der Waals surface area contributed by atoms with E-state index in [2.05, 4.69) is 5.16 Å². The molecule has 68 valence electrons. The van der Waals surface area contributed by atoms with E-state index in [1.807, 2.05) is 0 Å².